The second-order valence-electron chi connectivity index (χ2n) is 5.42. The predicted molar refractivity (Wildman–Crippen MR) is 97.2 cm³/mol. The third-order valence-corrected chi connectivity index (χ3v) is 4.17. The Hall–Kier alpha value is -1.46. The minimum Gasteiger partial charge on any atom is -0.493 e. The molecule has 0 aliphatic rings. The van der Waals surface area contributed by atoms with Crippen LogP contribution in [0.15, 0.2) is 36.4 Å². The summed E-state index contributed by atoms with van der Waals surface area (Å²) in [6.07, 6.45) is -0.415. The van der Waals surface area contributed by atoms with Gasteiger partial charge < -0.3 is 19.9 Å². The first kappa shape index (κ1) is 18.9. The number of para-hydroxylation sites is 1. The number of halogens is 2. The van der Waals surface area contributed by atoms with Crippen LogP contribution in [0.5, 0.6) is 11.5 Å². The fraction of sp³-hybridized carbons (Fsp3) is 0.333. The molecule has 0 bridgehead atoms. The molecule has 0 unspecified atom stereocenters. The van der Waals surface area contributed by atoms with E-state index in [-0.39, 0.29) is 6.61 Å². The van der Waals surface area contributed by atoms with E-state index in [1.165, 1.54) is 0 Å². The monoisotopic (exact) mass is 369 g/mol. The lowest BCUT2D eigenvalue weighted by molar-refractivity contribution is 0.190. The van der Waals surface area contributed by atoms with Crippen LogP contribution < -0.4 is 14.8 Å². The van der Waals surface area contributed by atoms with Gasteiger partial charge in [-0.2, -0.15) is 0 Å². The SMILES string of the molecule is COc1cccc(CNC[C@H](C)O)c1OCc1c(Cl)cccc1Cl. The highest BCUT2D eigenvalue weighted by atomic mass is 35.5. The number of hydrogen-bond acceptors (Lipinski definition) is 4. The van der Waals surface area contributed by atoms with Gasteiger partial charge in [0.05, 0.1) is 13.2 Å². The first-order chi connectivity index (χ1) is 11.5. The Bertz CT molecular complexity index is 657. The fourth-order valence-corrected chi connectivity index (χ4v) is 2.76. The van der Waals surface area contributed by atoms with Crippen molar-refractivity contribution in [3.8, 4) is 11.5 Å². The number of aliphatic hydroxyl groups excluding tert-OH is 1. The third-order valence-electron chi connectivity index (χ3n) is 3.46. The van der Waals surface area contributed by atoms with Crippen LogP contribution >= 0.6 is 23.2 Å². The quantitative estimate of drug-likeness (QED) is 0.736. The Labute approximate surface area is 152 Å². The molecule has 0 spiro atoms. The van der Waals surface area contributed by atoms with Crippen LogP contribution in [0.3, 0.4) is 0 Å². The summed E-state index contributed by atoms with van der Waals surface area (Å²) in [7, 11) is 1.59. The van der Waals surface area contributed by atoms with Crippen molar-refractivity contribution in [1.82, 2.24) is 5.32 Å². The number of benzene rings is 2. The van der Waals surface area contributed by atoms with Gasteiger partial charge in [-0.05, 0) is 25.1 Å². The van der Waals surface area contributed by atoms with Crippen molar-refractivity contribution in [2.75, 3.05) is 13.7 Å². The molecule has 0 aliphatic heterocycles. The predicted octanol–water partition coefficient (Wildman–Crippen LogP) is 4.05. The summed E-state index contributed by atoms with van der Waals surface area (Å²) in [6, 6.07) is 11.0. The molecule has 0 aromatic heterocycles. The Morgan fingerprint density at radius 1 is 1.12 bits per heavy atom. The standard InChI is InChI=1S/C18H21Cl2NO3/c1-12(22)9-21-10-13-5-3-8-17(23-2)18(13)24-11-14-15(19)6-4-7-16(14)20/h3-8,12,21-22H,9-11H2,1-2H3/t12-/m0/s1. The van der Waals surface area contributed by atoms with Gasteiger partial charge in [-0.3, -0.25) is 0 Å². The number of methoxy groups -OCH3 is 1. The maximum atomic E-state index is 9.37. The number of hydrogen-bond donors (Lipinski definition) is 2. The van der Waals surface area contributed by atoms with Crippen LogP contribution in [0.4, 0.5) is 0 Å². The molecule has 2 N–H and O–H groups in total. The zero-order valence-corrected chi connectivity index (χ0v) is 15.2. The van der Waals surface area contributed by atoms with Crippen LogP contribution in [-0.4, -0.2) is 24.9 Å². The van der Waals surface area contributed by atoms with E-state index in [1.807, 2.05) is 18.2 Å². The second kappa shape index (κ2) is 9.14. The number of nitrogens with one attached hydrogen (secondary N) is 1. The average Bonchev–Trinajstić information content (AvgIpc) is 2.54. The van der Waals surface area contributed by atoms with E-state index < -0.39 is 6.10 Å². The number of rotatable bonds is 8. The van der Waals surface area contributed by atoms with Crippen LogP contribution in [0.25, 0.3) is 0 Å². The third kappa shape index (κ3) is 5.02. The molecule has 6 heteroatoms. The summed E-state index contributed by atoms with van der Waals surface area (Å²) in [6.45, 7) is 3.01. The topological polar surface area (TPSA) is 50.7 Å². The second-order valence-corrected chi connectivity index (χ2v) is 6.23. The summed E-state index contributed by atoms with van der Waals surface area (Å²) in [5, 5.41) is 13.7. The molecule has 2 aromatic rings. The highest BCUT2D eigenvalue weighted by molar-refractivity contribution is 6.35. The summed E-state index contributed by atoms with van der Waals surface area (Å²) >= 11 is 12.4. The van der Waals surface area contributed by atoms with Gasteiger partial charge in [0, 0.05) is 34.3 Å². The van der Waals surface area contributed by atoms with Gasteiger partial charge >= 0.3 is 0 Å². The Kier molecular flexibility index (Phi) is 7.18. The highest BCUT2D eigenvalue weighted by Gasteiger charge is 2.13. The number of aliphatic hydroxyl groups is 1. The van der Waals surface area contributed by atoms with E-state index in [2.05, 4.69) is 5.32 Å². The Morgan fingerprint density at radius 2 is 1.79 bits per heavy atom. The highest BCUT2D eigenvalue weighted by Crippen LogP contribution is 2.33. The summed E-state index contributed by atoms with van der Waals surface area (Å²) in [5.74, 6) is 1.27. The summed E-state index contributed by atoms with van der Waals surface area (Å²) in [4.78, 5) is 0. The van der Waals surface area contributed by atoms with E-state index >= 15 is 0 Å². The lowest BCUT2D eigenvalue weighted by atomic mass is 10.1. The molecule has 130 valence electrons. The molecule has 24 heavy (non-hydrogen) atoms. The van der Waals surface area contributed by atoms with E-state index in [0.717, 1.165) is 11.1 Å². The van der Waals surface area contributed by atoms with Crippen molar-refractivity contribution in [3.63, 3.8) is 0 Å². The van der Waals surface area contributed by atoms with Crippen molar-refractivity contribution in [2.45, 2.75) is 26.2 Å². The summed E-state index contributed by atoms with van der Waals surface area (Å²) < 4.78 is 11.4. The van der Waals surface area contributed by atoms with Crippen molar-refractivity contribution >= 4 is 23.2 Å². The maximum absolute atomic E-state index is 9.37. The minimum absolute atomic E-state index is 0.238. The van der Waals surface area contributed by atoms with Crippen molar-refractivity contribution in [2.24, 2.45) is 0 Å². The fourth-order valence-electron chi connectivity index (χ4n) is 2.26. The van der Waals surface area contributed by atoms with E-state index in [4.69, 9.17) is 32.7 Å². The molecule has 1 atom stereocenters. The zero-order chi connectivity index (χ0) is 17.5. The largest absolute Gasteiger partial charge is 0.493 e. The molecular formula is C18H21Cl2NO3. The van der Waals surface area contributed by atoms with Crippen LogP contribution in [0, 0.1) is 0 Å². The van der Waals surface area contributed by atoms with Crippen LogP contribution in [-0.2, 0) is 13.2 Å². The molecule has 2 aromatic carbocycles. The lowest BCUT2D eigenvalue weighted by Crippen LogP contribution is -2.24. The molecule has 0 saturated heterocycles. The van der Waals surface area contributed by atoms with E-state index in [0.29, 0.717) is 34.6 Å². The smallest absolute Gasteiger partial charge is 0.166 e. The van der Waals surface area contributed by atoms with Gasteiger partial charge in [-0.1, -0.05) is 41.4 Å². The van der Waals surface area contributed by atoms with Crippen molar-refractivity contribution < 1.29 is 14.6 Å². The van der Waals surface area contributed by atoms with Crippen molar-refractivity contribution in [1.29, 1.82) is 0 Å². The summed E-state index contributed by atoms with van der Waals surface area (Å²) in [5.41, 5.74) is 1.66. The van der Waals surface area contributed by atoms with Gasteiger partial charge in [-0.25, -0.2) is 0 Å². The van der Waals surface area contributed by atoms with E-state index in [9.17, 15) is 5.11 Å². The van der Waals surface area contributed by atoms with Gasteiger partial charge in [-0.15, -0.1) is 0 Å². The first-order valence-electron chi connectivity index (χ1n) is 7.63. The molecular weight excluding hydrogens is 349 g/mol. The van der Waals surface area contributed by atoms with E-state index in [1.54, 1.807) is 32.2 Å². The Morgan fingerprint density at radius 3 is 2.42 bits per heavy atom. The van der Waals surface area contributed by atoms with Gasteiger partial charge in [0.15, 0.2) is 11.5 Å². The molecule has 0 saturated carbocycles. The normalized spacial score (nSPS) is 12.0. The molecule has 0 heterocycles. The Balaban J connectivity index is 2.18. The maximum Gasteiger partial charge on any atom is 0.166 e. The van der Waals surface area contributed by atoms with Crippen LogP contribution in [0.1, 0.15) is 18.1 Å². The van der Waals surface area contributed by atoms with Crippen LogP contribution in [0.2, 0.25) is 10.0 Å². The zero-order valence-electron chi connectivity index (χ0n) is 13.7. The minimum atomic E-state index is -0.415. The van der Waals surface area contributed by atoms with Gasteiger partial charge in [0.1, 0.15) is 6.61 Å². The first-order valence-corrected chi connectivity index (χ1v) is 8.39. The molecule has 0 fully saturated rings. The molecule has 0 radical (unpaired) electrons. The lowest BCUT2D eigenvalue weighted by Gasteiger charge is -2.17. The molecule has 4 nitrogen and oxygen atoms in total. The molecule has 0 amide bonds. The average molecular weight is 370 g/mol. The van der Waals surface area contributed by atoms with Gasteiger partial charge in [0.2, 0.25) is 0 Å². The molecule has 0 aliphatic carbocycles. The van der Waals surface area contributed by atoms with Crippen molar-refractivity contribution in [3.05, 3.63) is 57.6 Å². The number of ether oxygens (including phenoxy) is 2. The molecule has 2 rings (SSSR count). The van der Waals surface area contributed by atoms with Gasteiger partial charge in [0.25, 0.3) is 0 Å².